The van der Waals surface area contributed by atoms with Gasteiger partial charge < -0.3 is 10.4 Å². The van der Waals surface area contributed by atoms with Gasteiger partial charge in [-0.25, -0.2) is 0 Å². The summed E-state index contributed by atoms with van der Waals surface area (Å²) in [6.07, 6.45) is 3.07. The van der Waals surface area contributed by atoms with Crippen molar-refractivity contribution in [2.24, 2.45) is 5.92 Å². The largest absolute Gasteiger partial charge is 0.389 e. The molecule has 2 N–H and O–H groups in total. The molecule has 1 heterocycles. The first-order chi connectivity index (χ1) is 7.02. The van der Waals surface area contributed by atoms with Crippen LogP contribution in [0.3, 0.4) is 0 Å². The fraction of sp³-hybridized carbons (Fsp3) is 1.00. The Balaban J connectivity index is 2.22. The highest BCUT2D eigenvalue weighted by Crippen LogP contribution is 2.26. The average molecular weight is 231 g/mol. The molecule has 1 fully saturated rings. The van der Waals surface area contributed by atoms with Gasteiger partial charge in [-0.2, -0.15) is 11.8 Å². The molecule has 1 aliphatic heterocycles. The van der Waals surface area contributed by atoms with Gasteiger partial charge in [0.2, 0.25) is 0 Å². The van der Waals surface area contributed by atoms with Crippen LogP contribution in [0.4, 0.5) is 0 Å². The molecule has 0 aromatic heterocycles. The lowest BCUT2D eigenvalue weighted by atomic mass is 9.96. The summed E-state index contributed by atoms with van der Waals surface area (Å²) in [5, 5.41) is 13.7. The molecule has 0 aromatic carbocycles. The van der Waals surface area contributed by atoms with Crippen molar-refractivity contribution < 1.29 is 5.11 Å². The van der Waals surface area contributed by atoms with Gasteiger partial charge in [-0.1, -0.05) is 13.8 Å². The summed E-state index contributed by atoms with van der Waals surface area (Å²) in [6, 6.07) is 0.517. The minimum atomic E-state index is -0.434. The minimum absolute atomic E-state index is 0.434. The third-order valence-corrected chi connectivity index (χ3v) is 4.01. The van der Waals surface area contributed by atoms with E-state index < -0.39 is 5.60 Å². The minimum Gasteiger partial charge on any atom is -0.389 e. The Kier molecular flexibility index (Phi) is 5.44. The van der Waals surface area contributed by atoms with E-state index in [1.165, 1.54) is 6.42 Å². The van der Waals surface area contributed by atoms with Gasteiger partial charge in [0, 0.05) is 12.6 Å². The van der Waals surface area contributed by atoms with Gasteiger partial charge in [-0.15, -0.1) is 0 Å². The molecule has 15 heavy (non-hydrogen) atoms. The fourth-order valence-electron chi connectivity index (χ4n) is 2.08. The van der Waals surface area contributed by atoms with Crippen molar-refractivity contribution in [3.05, 3.63) is 0 Å². The first-order valence-corrected chi connectivity index (χ1v) is 7.21. The van der Waals surface area contributed by atoms with E-state index in [9.17, 15) is 5.11 Å². The molecular formula is C12H25NOS. The Morgan fingerprint density at radius 1 is 1.27 bits per heavy atom. The molecule has 0 amide bonds. The van der Waals surface area contributed by atoms with Crippen LogP contribution in [-0.2, 0) is 0 Å². The predicted molar refractivity (Wildman–Crippen MR) is 68.4 cm³/mol. The number of aliphatic hydroxyl groups is 1. The summed E-state index contributed by atoms with van der Waals surface area (Å²) >= 11 is 1.95. The molecule has 0 saturated carbocycles. The second-order valence-corrected chi connectivity index (χ2v) is 6.47. The highest BCUT2D eigenvalue weighted by atomic mass is 32.2. The topological polar surface area (TPSA) is 32.3 Å². The van der Waals surface area contributed by atoms with Crippen molar-refractivity contribution in [1.82, 2.24) is 5.32 Å². The van der Waals surface area contributed by atoms with Crippen LogP contribution in [0.25, 0.3) is 0 Å². The number of hydrogen-bond donors (Lipinski definition) is 2. The van der Waals surface area contributed by atoms with Crippen LogP contribution in [0, 0.1) is 5.92 Å². The lowest BCUT2D eigenvalue weighted by Crippen LogP contribution is -2.46. The molecule has 1 aliphatic rings. The van der Waals surface area contributed by atoms with Gasteiger partial charge in [0.15, 0.2) is 0 Å². The monoisotopic (exact) mass is 231 g/mol. The summed E-state index contributed by atoms with van der Waals surface area (Å²) in [5.41, 5.74) is -0.434. The van der Waals surface area contributed by atoms with Crippen LogP contribution in [0.5, 0.6) is 0 Å². The van der Waals surface area contributed by atoms with E-state index in [-0.39, 0.29) is 0 Å². The fourth-order valence-corrected chi connectivity index (χ4v) is 3.34. The summed E-state index contributed by atoms with van der Waals surface area (Å²) < 4.78 is 0. The lowest BCUT2D eigenvalue weighted by Gasteiger charge is -2.33. The van der Waals surface area contributed by atoms with E-state index >= 15 is 0 Å². The number of nitrogens with one attached hydrogen (secondary N) is 1. The molecule has 3 heteroatoms. The maximum atomic E-state index is 10.3. The average Bonchev–Trinajstić information content (AvgIpc) is 2.15. The zero-order valence-corrected chi connectivity index (χ0v) is 11.1. The van der Waals surface area contributed by atoms with E-state index in [4.69, 9.17) is 0 Å². The number of rotatable bonds is 5. The first-order valence-electron chi connectivity index (χ1n) is 6.05. The summed E-state index contributed by atoms with van der Waals surface area (Å²) in [4.78, 5) is 0. The summed E-state index contributed by atoms with van der Waals surface area (Å²) in [5.74, 6) is 2.94. The van der Waals surface area contributed by atoms with Gasteiger partial charge >= 0.3 is 0 Å². The Hall–Kier alpha value is 0.270. The highest BCUT2D eigenvalue weighted by molar-refractivity contribution is 7.99. The Morgan fingerprint density at radius 2 is 1.87 bits per heavy atom. The van der Waals surface area contributed by atoms with Crippen molar-refractivity contribution in [3.8, 4) is 0 Å². The number of thioether (sulfide) groups is 1. The van der Waals surface area contributed by atoms with Crippen molar-refractivity contribution in [2.75, 3.05) is 18.1 Å². The van der Waals surface area contributed by atoms with Crippen LogP contribution >= 0.6 is 11.8 Å². The zero-order chi connectivity index (χ0) is 11.3. The highest BCUT2D eigenvalue weighted by Gasteiger charge is 2.29. The van der Waals surface area contributed by atoms with Crippen LogP contribution in [0.2, 0.25) is 0 Å². The molecule has 1 unspecified atom stereocenters. The second-order valence-electron chi connectivity index (χ2n) is 5.25. The lowest BCUT2D eigenvalue weighted by molar-refractivity contribution is 0.0295. The van der Waals surface area contributed by atoms with Gasteiger partial charge in [0.25, 0.3) is 0 Å². The zero-order valence-electron chi connectivity index (χ0n) is 10.3. The van der Waals surface area contributed by atoms with Gasteiger partial charge in [0.05, 0.1) is 5.60 Å². The van der Waals surface area contributed by atoms with Crippen molar-refractivity contribution in [2.45, 2.75) is 51.7 Å². The smallest absolute Gasteiger partial charge is 0.0787 e. The molecule has 0 radical (unpaired) electrons. The normalized spacial score (nSPS) is 23.0. The molecule has 0 bridgehead atoms. The van der Waals surface area contributed by atoms with Crippen molar-refractivity contribution >= 4 is 11.8 Å². The first kappa shape index (κ1) is 13.3. The van der Waals surface area contributed by atoms with Crippen molar-refractivity contribution in [1.29, 1.82) is 0 Å². The van der Waals surface area contributed by atoms with Crippen LogP contribution < -0.4 is 5.32 Å². The molecule has 0 aromatic rings. The van der Waals surface area contributed by atoms with Gasteiger partial charge in [-0.05, 0) is 43.6 Å². The van der Waals surface area contributed by atoms with Gasteiger partial charge in [0.1, 0.15) is 0 Å². The summed E-state index contributed by atoms with van der Waals surface area (Å²) in [6.45, 7) is 7.46. The Morgan fingerprint density at radius 3 is 2.40 bits per heavy atom. The second kappa shape index (κ2) is 6.12. The Labute approximate surface area is 98.2 Å². The third kappa shape index (κ3) is 5.23. The molecule has 1 rings (SSSR count). The molecule has 90 valence electrons. The van der Waals surface area contributed by atoms with Crippen LogP contribution in [0.15, 0.2) is 0 Å². The SMILES string of the molecule is CC(C)CC(C)NCC1(O)CCSCC1. The molecule has 2 nitrogen and oxygen atoms in total. The van der Waals surface area contributed by atoms with E-state index in [0.717, 1.165) is 36.8 Å². The quantitative estimate of drug-likeness (QED) is 0.761. The molecule has 1 saturated heterocycles. The standard InChI is InChI=1S/C12H25NOS/c1-10(2)8-11(3)13-9-12(14)4-6-15-7-5-12/h10-11,13-14H,4-9H2,1-3H3. The maximum absolute atomic E-state index is 10.3. The van der Waals surface area contributed by atoms with E-state index in [1.807, 2.05) is 11.8 Å². The van der Waals surface area contributed by atoms with Crippen LogP contribution in [-0.4, -0.2) is 34.8 Å². The van der Waals surface area contributed by atoms with Gasteiger partial charge in [-0.3, -0.25) is 0 Å². The molecule has 0 aliphatic carbocycles. The maximum Gasteiger partial charge on any atom is 0.0787 e. The molecule has 0 spiro atoms. The Bertz CT molecular complexity index is 178. The number of hydrogen-bond acceptors (Lipinski definition) is 3. The molecular weight excluding hydrogens is 206 g/mol. The van der Waals surface area contributed by atoms with Crippen molar-refractivity contribution in [3.63, 3.8) is 0 Å². The summed E-state index contributed by atoms with van der Waals surface area (Å²) in [7, 11) is 0. The third-order valence-electron chi connectivity index (χ3n) is 3.03. The molecule has 1 atom stereocenters. The van der Waals surface area contributed by atoms with E-state index in [2.05, 4.69) is 26.1 Å². The van der Waals surface area contributed by atoms with E-state index in [0.29, 0.717) is 6.04 Å². The predicted octanol–water partition coefficient (Wildman–Crippen LogP) is 2.27. The van der Waals surface area contributed by atoms with Crippen LogP contribution in [0.1, 0.15) is 40.0 Å². The van der Waals surface area contributed by atoms with E-state index in [1.54, 1.807) is 0 Å².